The zero-order valence-electron chi connectivity index (χ0n) is 12.5. The molecule has 1 fully saturated rings. The highest BCUT2D eigenvalue weighted by molar-refractivity contribution is 5.80. The molecule has 0 bridgehead atoms. The van der Waals surface area contributed by atoms with Crippen molar-refractivity contribution in [2.24, 2.45) is 5.92 Å². The third-order valence-corrected chi connectivity index (χ3v) is 3.57. The molecule has 2 rings (SSSR count). The van der Waals surface area contributed by atoms with Crippen LogP contribution in [0.4, 0.5) is 4.79 Å². The highest BCUT2D eigenvalue weighted by Crippen LogP contribution is 2.17. The lowest BCUT2D eigenvalue weighted by atomic mass is 9.97. The largest absolute Gasteiger partial charge is 0.355 e. The quantitative estimate of drug-likeness (QED) is 0.808. The van der Waals surface area contributed by atoms with Crippen molar-refractivity contribution >= 4 is 11.9 Å². The van der Waals surface area contributed by atoms with Crippen LogP contribution in [0.2, 0.25) is 0 Å². The Labute approximate surface area is 123 Å². The van der Waals surface area contributed by atoms with Gasteiger partial charge in [0.25, 0.3) is 0 Å². The first-order valence-corrected chi connectivity index (χ1v) is 7.16. The summed E-state index contributed by atoms with van der Waals surface area (Å²) in [5.74, 6) is 0.631. The average molecular weight is 294 g/mol. The number of carbonyl (C=O) groups excluding carboxylic acids is 2. The second-order valence-corrected chi connectivity index (χ2v) is 5.44. The predicted octanol–water partition coefficient (Wildman–Crippen LogP) is -0.143. The summed E-state index contributed by atoms with van der Waals surface area (Å²) in [6.45, 7) is 1.73. The first-order valence-electron chi connectivity index (χ1n) is 7.16. The first kappa shape index (κ1) is 15.3. The van der Waals surface area contributed by atoms with Crippen molar-refractivity contribution in [1.82, 2.24) is 30.3 Å². The van der Waals surface area contributed by atoms with Crippen LogP contribution < -0.4 is 5.32 Å². The molecule has 0 aliphatic carbocycles. The normalized spacial score (nSPS) is 18.4. The number of piperidine rings is 1. The van der Waals surface area contributed by atoms with E-state index >= 15 is 0 Å². The Hall–Kier alpha value is -2.12. The number of amides is 3. The molecular weight excluding hydrogens is 272 g/mol. The Balaban J connectivity index is 1.77. The molecule has 1 aromatic heterocycles. The lowest BCUT2D eigenvalue weighted by molar-refractivity contribution is -0.126. The van der Waals surface area contributed by atoms with E-state index in [1.807, 2.05) is 0 Å². The number of hydrogen-bond donors (Lipinski definition) is 2. The highest BCUT2D eigenvalue weighted by Gasteiger charge is 2.28. The summed E-state index contributed by atoms with van der Waals surface area (Å²) < 4.78 is 0. The van der Waals surface area contributed by atoms with Gasteiger partial charge in [0.1, 0.15) is 12.2 Å². The third kappa shape index (κ3) is 4.17. The zero-order chi connectivity index (χ0) is 15.2. The fraction of sp³-hybridized carbons (Fsp3) is 0.692. The zero-order valence-corrected chi connectivity index (χ0v) is 12.5. The van der Waals surface area contributed by atoms with Crippen LogP contribution in [0, 0.1) is 5.92 Å². The van der Waals surface area contributed by atoms with Crippen molar-refractivity contribution < 1.29 is 9.59 Å². The van der Waals surface area contributed by atoms with E-state index in [4.69, 9.17) is 0 Å². The van der Waals surface area contributed by atoms with Gasteiger partial charge in [-0.2, -0.15) is 5.10 Å². The second kappa shape index (κ2) is 7.05. The molecule has 21 heavy (non-hydrogen) atoms. The van der Waals surface area contributed by atoms with Gasteiger partial charge in [-0.1, -0.05) is 0 Å². The molecule has 2 N–H and O–H groups in total. The molecule has 8 heteroatoms. The van der Waals surface area contributed by atoms with E-state index in [9.17, 15) is 9.59 Å². The van der Waals surface area contributed by atoms with Gasteiger partial charge >= 0.3 is 6.03 Å². The Morgan fingerprint density at radius 1 is 1.52 bits per heavy atom. The third-order valence-electron chi connectivity index (χ3n) is 3.57. The van der Waals surface area contributed by atoms with Gasteiger partial charge in [-0.15, -0.1) is 0 Å². The van der Waals surface area contributed by atoms with Gasteiger partial charge in [-0.25, -0.2) is 9.78 Å². The molecule has 0 radical (unpaired) electrons. The summed E-state index contributed by atoms with van der Waals surface area (Å²) in [6, 6.07) is -0.0332. The summed E-state index contributed by atoms with van der Waals surface area (Å²) in [5.41, 5.74) is 0. The number of carbonyl (C=O) groups is 2. The number of nitrogens with one attached hydrogen (secondary N) is 2. The van der Waals surface area contributed by atoms with E-state index in [0.717, 1.165) is 25.2 Å². The molecular formula is C13H22N6O2. The minimum Gasteiger partial charge on any atom is -0.355 e. The SMILES string of the molecule is CN(C)C(=O)N1CCCC(C(=O)NCCc2ncn[nH]2)C1. The van der Waals surface area contributed by atoms with Crippen LogP contribution in [0.1, 0.15) is 18.7 Å². The van der Waals surface area contributed by atoms with E-state index in [0.29, 0.717) is 19.5 Å². The molecule has 0 spiro atoms. The molecule has 3 amide bonds. The summed E-state index contributed by atoms with van der Waals surface area (Å²) in [6.07, 6.45) is 3.76. The Kier molecular flexibility index (Phi) is 5.13. The number of nitrogens with zero attached hydrogens (tertiary/aromatic N) is 4. The lowest BCUT2D eigenvalue weighted by Gasteiger charge is -2.33. The topological polar surface area (TPSA) is 94.2 Å². The molecule has 1 aliphatic rings. The van der Waals surface area contributed by atoms with Crippen molar-refractivity contribution in [2.75, 3.05) is 33.7 Å². The Morgan fingerprint density at radius 3 is 3.00 bits per heavy atom. The molecule has 1 aliphatic heterocycles. The molecule has 8 nitrogen and oxygen atoms in total. The predicted molar refractivity (Wildman–Crippen MR) is 76.5 cm³/mol. The van der Waals surface area contributed by atoms with Crippen LogP contribution in [-0.2, 0) is 11.2 Å². The van der Waals surface area contributed by atoms with Gasteiger partial charge in [-0.3, -0.25) is 9.89 Å². The molecule has 1 saturated heterocycles. The summed E-state index contributed by atoms with van der Waals surface area (Å²) >= 11 is 0. The van der Waals surface area contributed by atoms with E-state index in [2.05, 4.69) is 20.5 Å². The van der Waals surface area contributed by atoms with Crippen LogP contribution in [-0.4, -0.2) is 70.6 Å². The lowest BCUT2D eigenvalue weighted by Crippen LogP contribution is -2.48. The Morgan fingerprint density at radius 2 is 2.33 bits per heavy atom. The van der Waals surface area contributed by atoms with Crippen molar-refractivity contribution in [1.29, 1.82) is 0 Å². The minimum atomic E-state index is -0.127. The minimum absolute atomic E-state index is 0.00534. The van der Waals surface area contributed by atoms with Crippen molar-refractivity contribution in [3.8, 4) is 0 Å². The smallest absolute Gasteiger partial charge is 0.319 e. The van der Waals surface area contributed by atoms with Gasteiger partial charge < -0.3 is 15.1 Å². The maximum absolute atomic E-state index is 12.2. The van der Waals surface area contributed by atoms with Gasteiger partial charge in [0.2, 0.25) is 5.91 Å². The van der Waals surface area contributed by atoms with Crippen LogP contribution in [0.5, 0.6) is 0 Å². The standard InChI is InChI=1S/C13H22N6O2/c1-18(2)13(21)19-7-3-4-10(8-19)12(20)14-6-5-11-15-9-16-17-11/h9-10H,3-8H2,1-2H3,(H,14,20)(H,15,16,17). The number of urea groups is 1. The van der Waals surface area contributed by atoms with E-state index in [-0.39, 0.29) is 17.9 Å². The summed E-state index contributed by atoms with van der Waals surface area (Å²) in [7, 11) is 3.45. The maximum atomic E-state index is 12.2. The summed E-state index contributed by atoms with van der Waals surface area (Å²) in [5, 5.41) is 9.41. The number of aromatic nitrogens is 3. The van der Waals surface area contributed by atoms with Crippen molar-refractivity contribution in [3.05, 3.63) is 12.2 Å². The number of aromatic amines is 1. The number of rotatable bonds is 4. The fourth-order valence-corrected chi connectivity index (χ4v) is 2.45. The van der Waals surface area contributed by atoms with Crippen LogP contribution in [0.3, 0.4) is 0 Å². The van der Waals surface area contributed by atoms with E-state index < -0.39 is 0 Å². The monoisotopic (exact) mass is 294 g/mol. The van der Waals surface area contributed by atoms with Crippen molar-refractivity contribution in [3.63, 3.8) is 0 Å². The second-order valence-electron chi connectivity index (χ2n) is 5.44. The van der Waals surface area contributed by atoms with Gasteiger partial charge in [0, 0.05) is 40.2 Å². The number of H-pyrrole nitrogens is 1. The van der Waals surface area contributed by atoms with Gasteiger partial charge in [-0.05, 0) is 12.8 Å². The molecule has 1 unspecified atom stereocenters. The highest BCUT2D eigenvalue weighted by atomic mass is 16.2. The maximum Gasteiger partial charge on any atom is 0.319 e. The first-order chi connectivity index (χ1) is 10.1. The van der Waals surface area contributed by atoms with E-state index in [1.165, 1.54) is 6.33 Å². The average Bonchev–Trinajstić information content (AvgIpc) is 2.99. The van der Waals surface area contributed by atoms with Gasteiger partial charge in [0.15, 0.2) is 0 Å². The molecule has 0 saturated carbocycles. The molecule has 1 aromatic rings. The van der Waals surface area contributed by atoms with Crippen LogP contribution >= 0.6 is 0 Å². The van der Waals surface area contributed by atoms with Crippen LogP contribution in [0.15, 0.2) is 6.33 Å². The van der Waals surface area contributed by atoms with Crippen LogP contribution in [0.25, 0.3) is 0 Å². The fourth-order valence-electron chi connectivity index (χ4n) is 2.45. The van der Waals surface area contributed by atoms with Gasteiger partial charge in [0.05, 0.1) is 5.92 Å². The van der Waals surface area contributed by atoms with Crippen molar-refractivity contribution in [2.45, 2.75) is 19.3 Å². The summed E-state index contributed by atoms with van der Waals surface area (Å²) in [4.78, 5) is 31.4. The number of hydrogen-bond acceptors (Lipinski definition) is 4. The molecule has 116 valence electrons. The number of likely N-dealkylation sites (tertiary alicyclic amines) is 1. The van der Waals surface area contributed by atoms with E-state index in [1.54, 1.807) is 23.9 Å². The Bertz CT molecular complexity index is 473. The molecule has 1 atom stereocenters. The molecule has 2 heterocycles. The molecule has 0 aromatic carbocycles.